The number of halogens is 2. The van der Waals surface area contributed by atoms with Crippen molar-refractivity contribution in [3.05, 3.63) is 42.1 Å². The fourth-order valence-corrected chi connectivity index (χ4v) is 3.35. The highest BCUT2D eigenvalue weighted by molar-refractivity contribution is 5.79. The van der Waals surface area contributed by atoms with Crippen LogP contribution in [0.1, 0.15) is 37.3 Å². The maximum Gasteiger partial charge on any atom is 0.248 e. The molecule has 0 spiro atoms. The molecule has 1 unspecified atom stereocenters. The van der Waals surface area contributed by atoms with Gasteiger partial charge in [0.05, 0.1) is 5.52 Å². The third kappa shape index (κ3) is 3.05. The van der Waals surface area contributed by atoms with Gasteiger partial charge in [0.15, 0.2) is 0 Å². The van der Waals surface area contributed by atoms with E-state index in [1.165, 1.54) is 0 Å². The molecule has 1 aliphatic carbocycles. The van der Waals surface area contributed by atoms with Crippen LogP contribution in [-0.4, -0.2) is 18.0 Å². The summed E-state index contributed by atoms with van der Waals surface area (Å²) in [6.07, 6.45) is 2.92. The first-order valence-corrected chi connectivity index (χ1v) is 7.49. The molecule has 3 rings (SSSR count). The minimum atomic E-state index is -2.47. The van der Waals surface area contributed by atoms with E-state index in [0.29, 0.717) is 12.8 Å². The first-order chi connectivity index (χ1) is 10.1. The van der Waals surface area contributed by atoms with Crippen LogP contribution in [0.2, 0.25) is 0 Å². The number of aromatic nitrogens is 1. The molecule has 1 aliphatic rings. The molecular weight excluding hydrogens is 270 g/mol. The zero-order valence-corrected chi connectivity index (χ0v) is 12.2. The van der Waals surface area contributed by atoms with Crippen molar-refractivity contribution < 1.29 is 8.78 Å². The maximum atomic E-state index is 13.3. The van der Waals surface area contributed by atoms with E-state index in [9.17, 15) is 8.78 Å². The van der Waals surface area contributed by atoms with E-state index in [2.05, 4.69) is 28.5 Å². The summed E-state index contributed by atoms with van der Waals surface area (Å²) < 4.78 is 26.7. The number of fused-ring (bicyclic) bond motifs is 1. The molecule has 4 heteroatoms. The van der Waals surface area contributed by atoms with Crippen LogP contribution in [0, 0.1) is 5.92 Å². The molecule has 0 amide bonds. The molecule has 2 nitrogen and oxygen atoms in total. The molecular formula is C17H20F2N2. The van der Waals surface area contributed by atoms with Crippen LogP contribution < -0.4 is 5.32 Å². The van der Waals surface area contributed by atoms with Crippen molar-refractivity contribution in [3.63, 3.8) is 0 Å². The number of benzene rings is 1. The van der Waals surface area contributed by atoms with Crippen molar-refractivity contribution in [2.24, 2.45) is 5.92 Å². The summed E-state index contributed by atoms with van der Waals surface area (Å²) in [5.41, 5.74) is 2.09. The quantitative estimate of drug-likeness (QED) is 0.910. The lowest BCUT2D eigenvalue weighted by Gasteiger charge is -2.34. The van der Waals surface area contributed by atoms with Crippen LogP contribution in [0.4, 0.5) is 8.78 Å². The van der Waals surface area contributed by atoms with Gasteiger partial charge in [-0.15, -0.1) is 0 Å². The fraction of sp³-hybridized carbons (Fsp3) is 0.471. The van der Waals surface area contributed by atoms with E-state index in [0.717, 1.165) is 16.5 Å². The molecule has 1 aromatic heterocycles. The Morgan fingerprint density at radius 2 is 2.00 bits per heavy atom. The molecule has 0 radical (unpaired) electrons. The largest absolute Gasteiger partial charge is 0.313 e. The van der Waals surface area contributed by atoms with Crippen LogP contribution in [0.5, 0.6) is 0 Å². The summed E-state index contributed by atoms with van der Waals surface area (Å²) >= 11 is 0. The summed E-state index contributed by atoms with van der Waals surface area (Å²) in [5.74, 6) is -2.21. The molecule has 2 aromatic rings. The number of hydrogen-bond donors (Lipinski definition) is 1. The van der Waals surface area contributed by atoms with E-state index in [1.807, 2.05) is 19.2 Å². The van der Waals surface area contributed by atoms with E-state index in [1.54, 1.807) is 6.20 Å². The lowest BCUT2D eigenvalue weighted by molar-refractivity contribution is -0.0495. The third-order valence-corrected chi connectivity index (χ3v) is 4.53. The summed E-state index contributed by atoms with van der Waals surface area (Å²) in [6, 6.07) is 10.3. The molecule has 1 saturated carbocycles. The Kier molecular flexibility index (Phi) is 3.89. The number of alkyl halides is 2. The smallest absolute Gasteiger partial charge is 0.248 e. The molecule has 1 heterocycles. The van der Waals surface area contributed by atoms with Gasteiger partial charge in [-0.05, 0) is 43.5 Å². The van der Waals surface area contributed by atoms with Crippen molar-refractivity contribution in [3.8, 4) is 0 Å². The minimum absolute atomic E-state index is 0.00166. The predicted octanol–water partition coefficient (Wildman–Crippen LogP) is 4.32. The van der Waals surface area contributed by atoms with Crippen LogP contribution >= 0.6 is 0 Å². The standard InChI is InChI=1S/C17H20F2N2/c1-20-16(13-6-8-17(18,19)9-7-13)14-5-4-12-3-2-10-21-15(12)11-14/h2-5,10-11,13,16,20H,6-9H2,1H3. The van der Waals surface area contributed by atoms with Gasteiger partial charge in [-0.1, -0.05) is 18.2 Å². The van der Waals surface area contributed by atoms with Gasteiger partial charge in [0.25, 0.3) is 0 Å². The van der Waals surface area contributed by atoms with Gasteiger partial charge >= 0.3 is 0 Å². The average Bonchev–Trinajstić information content (AvgIpc) is 2.49. The van der Waals surface area contributed by atoms with Gasteiger partial charge in [0.2, 0.25) is 5.92 Å². The molecule has 112 valence electrons. The van der Waals surface area contributed by atoms with Gasteiger partial charge in [-0.3, -0.25) is 4.98 Å². The number of hydrogen-bond acceptors (Lipinski definition) is 2. The molecule has 1 fully saturated rings. The highest BCUT2D eigenvalue weighted by Gasteiger charge is 2.37. The Hall–Kier alpha value is -1.55. The highest BCUT2D eigenvalue weighted by atomic mass is 19.3. The number of nitrogens with one attached hydrogen (secondary N) is 1. The van der Waals surface area contributed by atoms with E-state index < -0.39 is 5.92 Å². The fourth-order valence-electron chi connectivity index (χ4n) is 3.35. The average molecular weight is 290 g/mol. The maximum absolute atomic E-state index is 13.3. The van der Waals surface area contributed by atoms with Crippen LogP contribution in [-0.2, 0) is 0 Å². The topological polar surface area (TPSA) is 24.9 Å². The van der Waals surface area contributed by atoms with E-state index >= 15 is 0 Å². The molecule has 1 aromatic carbocycles. The van der Waals surface area contributed by atoms with Gasteiger partial charge < -0.3 is 5.32 Å². The minimum Gasteiger partial charge on any atom is -0.313 e. The van der Waals surface area contributed by atoms with Crippen molar-refractivity contribution >= 4 is 10.9 Å². The third-order valence-electron chi connectivity index (χ3n) is 4.53. The van der Waals surface area contributed by atoms with Gasteiger partial charge in [-0.2, -0.15) is 0 Å². The Morgan fingerprint density at radius 1 is 1.24 bits per heavy atom. The first-order valence-electron chi connectivity index (χ1n) is 7.49. The SMILES string of the molecule is CNC(c1ccc2cccnc2c1)C1CCC(F)(F)CC1. The molecule has 21 heavy (non-hydrogen) atoms. The summed E-state index contributed by atoms with van der Waals surface area (Å²) in [4.78, 5) is 4.38. The number of nitrogens with zero attached hydrogens (tertiary/aromatic N) is 1. The van der Waals surface area contributed by atoms with Crippen LogP contribution in [0.15, 0.2) is 36.5 Å². The second kappa shape index (κ2) is 5.68. The van der Waals surface area contributed by atoms with Gasteiger partial charge in [-0.25, -0.2) is 8.78 Å². The first kappa shape index (κ1) is 14.4. The van der Waals surface area contributed by atoms with Crippen LogP contribution in [0.3, 0.4) is 0 Å². The Bertz CT molecular complexity index is 617. The van der Waals surface area contributed by atoms with E-state index in [-0.39, 0.29) is 24.8 Å². The van der Waals surface area contributed by atoms with Crippen molar-refractivity contribution in [1.82, 2.24) is 10.3 Å². The number of pyridine rings is 1. The predicted molar refractivity (Wildman–Crippen MR) is 80.4 cm³/mol. The zero-order valence-electron chi connectivity index (χ0n) is 12.2. The van der Waals surface area contributed by atoms with Crippen molar-refractivity contribution in [2.75, 3.05) is 7.05 Å². The van der Waals surface area contributed by atoms with Gasteiger partial charge in [0, 0.05) is 30.5 Å². The number of rotatable bonds is 3. The highest BCUT2D eigenvalue weighted by Crippen LogP contribution is 2.41. The van der Waals surface area contributed by atoms with Gasteiger partial charge in [0.1, 0.15) is 0 Å². The molecule has 1 N–H and O–H groups in total. The summed E-state index contributed by atoms with van der Waals surface area (Å²) in [7, 11) is 1.90. The lowest BCUT2D eigenvalue weighted by atomic mass is 9.79. The summed E-state index contributed by atoms with van der Waals surface area (Å²) in [6.45, 7) is 0. The second-order valence-corrected chi connectivity index (χ2v) is 5.92. The summed E-state index contributed by atoms with van der Waals surface area (Å²) in [5, 5.41) is 4.41. The van der Waals surface area contributed by atoms with E-state index in [4.69, 9.17) is 0 Å². The van der Waals surface area contributed by atoms with Crippen LogP contribution in [0.25, 0.3) is 10.9 Å². The van der Waals surface area contributed by atoms with Crippen molar-refractivity contribution in [2.45, 2.75) is 37.6 Å². The lowest BCUT2D eigenvalue weighted by Crippen LogP contribution is -2.32. The Morgan fingerprint density at radius 3 is 2.71 bits per heavy atom. The molecule has 1 atom stereocenters. The second-order valence-electron chi connectivity index (χ2n) is 5.92. The normalized spacial score (nSPS) is 20.5. The zero-order chi connectivity index (χ0) is 14.9. The Labute approximate surface area is 123 Å². The molecule has 0 saturated heterocycles. The van der Waals surface area contributed by atoms with Crippen molar-refractivity contribution in [1.29, 1.82) is 0 Å². The Balaban J connectivity index is 1.84. The monoisotopic (exact) mass is 290 g/mol. The molecule has 0 bridgehead atoms. The molecule has 0 aliphatic heterocycles.